The number of hydrogen-bond donors (Lipinski definition) is 1. The van der Waals surface area contributed by atoms with Crippen molar-refractivity contribution in [2.45, 2.75) is 31.9 Å². The predicted octanol–water partition coefficient (Wildman–Crippen LogP) is 3.72. The summed E-state index contributed by atoms with van der Waals surface area (Å²) in [5.74, 6) is 0.267. The van der Waals surface area contributed by atoms with Gasteiger partial charge in [-0.15, -0.1) is 0 Å². The van der Waals surface area contributed by atoms with E-state index in [-0.39, 0.29) is 11.2 Å². The average molecular weight is 259 g/mol. The number of ether oxygens (including phenoxy) is 1. The molecule has 2 nitrogen and oxygen atoms in total. The first kappa shape index (κ1) is 13.1. The summed E-state index contributed by atoms with van der Waals surface area (Å²) in [5, 5.41) is 3.24. The quantitative estimate of drug-likeness (QED) is 0.874. The van der Waals surface area contributed by atoms with Gasteiger partial charge in [0.2, 0.25) is 0 Å². The van der Waals surface area contributed by atoms with E-state index in [0.717, 1.165) is 24.2 Å². The summed E-state index contributed by atoms with van der Waals surface area (Å²) in [6, 6.07) is 5.05. The summed E-state index contributed by atoms with van der Waals surface area (Å²) in [4.78, 5) is 0. The van der Waals surface area contributed by atoms with Gasteiger partial charge in [-0.3, -0.25) is 0 Å². The molecule has 1 aliphatic heterocycles. The zero-order valence-corrected chi connectivity index (χ0v) is 10.4. The first-order valence-corrected chi connectivity index (χ1v) is 5.86. The predicted molar refractivity (Wildman–Crippen MR) is 64.1 cm³/mol. The van der Waals surface area contributed by atoms with Gasteiger partial charge >= 0.3 is 6.18 Å². The molecule has 0 fully saturated rings. The largest absolute Gasteiger partial charge is 0.484 e. The molecule has 0 saturated heterocycles. The standard InChI is InChI=1S/C13H16F3NO/c1-12(2)5-6-17-11-4-3-9(7-10(11)12)18-8-13(14,15)16/h3-4,7,17H,5-6,8H2,1-2H3. The SMILES string of the molecule is CC1(C)CCNc2ccc(OCC(F)(F)F)cc21. The minimum Gasteiger partial charge on any atom is -0.484 e. The van der Waals surface area contributed by atoms with Crippen LogP contribution in [0.5, 0.6) is 5.75 Å². The molecule has 0 spiro atoms. The Morgan fingerprint density at radius 3 is 2.72 bits per heavy atom. The number of rotatable bonds is 2. The van der Waals surface area contributed by atoms with Gasteiger partial charge in [-0.25, -0.2) is 0 Å². The lowest BCUT2D eigenvalue weighted by molar-refractivity contribution is -0.153. The lowest BCUT2D eigenvalue weighted by Crippen LogP contribution is -2.28. The summed E-state index contributed by atoms with van der Waals surface area (Å²) in [6.45, 7) is 3.79. The Balaban J connectivity index is 2.21. The second-order valence-corrected chi connectivity index (χ2v) is 5.17. The highest BCUT2D eigenvalue weighted by Gasteiger charge is 2.30. The molecule has 0 radical (unpaired) electrons. The third-order valence-electron chi connectivity index (χ3n) is 3.19. The molecule has 0 aliphatic carbocycles. The van der Waals surface area contributed by atoms with Crippen molar-refractivity contribution in [3.05, 3.63) is 23.8 Å². The van der Waals surface area contributed by atoms with Gasteiger partial charge in [-0.2, -0.15) is 13.2 Å². The molecule has 0 amide bonds. The topological polar surface area (TPSA) is 21.3 Å². The molecule has 0 aromatic heterocycles. The van der Waals surface area contributed by atoms with E-state index in [1.807, 2.05) is 0 Å². The Bertz CT molecular complexity index is 440. The molecular weight excluding hydrogens is 243 g/mol. The van der Waals surface area contributed by atoms with E-state index >= 15 is 0 Å². The number of nitrogens with one attached hydrogen (secondary N) is 1. The van der Waals surface area contributed by atoms with Crippen molar-refractivity contribution in [2.24, 2.45) is 0 Å². The smallest absolute Gasteiger partial charge is 0.422 e. The second kappa shape index (κ2) is 4.37. The zero-order valence-electron chi connectivity index (χ0n) is 10.4. The minimum absolute atomic E-state index is 0.0435. The molecule has 1 aromatic carbocycles. The highest BCUT2D eigenvalue weighted by molar-refractivity contribution is 5.59. The number of halogens is 3. The van der Waals surface area contributed by atoms with Crippen molar-refractivity contribution in [2.75, 3.05) is 18.5 Å². The van der Waals surface area contributed by atoms with E-state index in [0.29, 0.717) is 0 Å². The van der Waals surface area contributed by atoms with Crippen molar-refractivity contribution in [1.82, 2.24) is 0 Å². The molecule has 0 unspecified atom stereocenters. The van der Waals surface area contributed by atoms with Crippen LogP contribution in [0.1, 0.15) is 25.8 Å². The molecule has 1 heterocycles. The maximum absolute atomic E-state index is 12.1. The molecule has 2 rings (SSSR count). The minimum atomic E-state index is -4.30. The Kier molecular flexibility index (Phi) is 3.17. The fourth-order valence-electron chi connectivity index (χ4n) is 2.14. The normalized spacial score (nSPS) is 17.8. The molecule has 0 saturated carbocycles. The van der Waals surface area contributed by atoms with Crippen LogP contribution in [0.4, 0.5) is 18.9 Å². The van der Waals surface area contributed by atoms with Crippen LogP contribution in [0.3, 0.4) is 0 Å². The molecule has 0 bridgehead atoms. The third kappa shape index (κ3) is 2.89. The number of hydrogen-bond acceptors (Lipinski definition) is 2. The van der Waals surface area contributed by atoms with E-state index in [4.69, 9.17) is 4.74 Å². The van der Waals surface area contributed by atoms with E-state index < -0.39 is 12.8 Å². The molecule has 1 N–H and O–H groups in total. The van der Waals surface area contributed by atoms with Crippen LogP contribution < -0.4 is 10.1 Å². The van der Waals surface area contributed by atoms with Crippen molar-refractivity contribution < 1.29 is 17.9 Å². The van der Waals surface area contributed by atoms with Gasteiger partial charge in [0, 0.05) is 12.2 Å². The summed E-state index contributed by atoms with van der Waals surface area (Å²) >= 11 is 0. The first-order valence-electron chi connectivity index (χ1n) is 5.86. The van der Waals surface area contributed by atoms with Crippen LogP contribution in [-0.2, 0) is 5.41 Å². The number of benzene rings is 1. The molecule has 0 atom stereocenters. The molecule has 100 valence electrons. The fraction of sp³-hybridized carbons (Fsp3) is 0.538. The van der Waals surface area contributed by atoms with Crippen molar-refractivity contribution in [1.29, 1.82) is 0 Å². The number of fused-ring (bicyclic) bond motifs is 1. The van der Waals surface area contributed by atoms with Crippen molar-refractivity contribution in [3.8, 4) is 5.75 Å². The first-order chi connectivity index (χ1) is 8.28. The summed E-state index contributed by atoms with van der Waals surface area (Å²) in [7, 11) is 0. The number of anilines is 1. The van der Waals surface area contributed by atoms with Crippen LogP contribution >= 0.6 is 0 Å². The highest BCUT2D eigenvalue weighted by atomic mass is 19.4. The second-order valence-electron chi connectivity index (χ2n) is 5.17. The van der Waals surface area contributed by atoms with Crippen LogP contribution in [0, 0.1) is 0 Å². The molecule has 5 heteroatoms. The van der Waals surface area contributed by atoms with Gasteiger partial charge in [0.1, 0.15) is 5.75 Å². The number of alkyl halides is 3. The summed E-state index contributed by atoms with van der Waals surface area (Å²) in [5.41, 5.74) is 1.94. The Morgan fingerprint density at radius 2 is 2.06 bits per heavy atom. The molecule has 18 heavy (non-hydrogen) atoms. The maximum Gasteiger partial charge on any atom is 0.422 e. The van der Waals surface area contributed by atoms with Crippen molar-refractivity contribution in [3.63, 3.8) is 0 Å². The Labute approximate surface area is 104 Å². The van der Waals surface area contributed by atoms with E-state index in [1.165, 1.54) is 0 Å². The Morgan fingerprint density at radius 1 is 1.33 bits per heavy atom. The summed E-state index contributed by atoms with van der Waals surface area (Å²) < 4.78 is 41.1. The average Bonchev–Trinajstić information content (AvgIpc) is 2.25. The molecule has 1 aliphatic rings. The van der Waals surface area contributed by atoms with Gasteiger partial charge in [-0.05, 0) is 35.6 Å². The van der Waals surface area contributed by atoms with Crippen LogP contribution in [0.25, 0.3) is 0 Å². The van der Waals surface area contributed by atoms with Gasteiger partial charge in [-0.1, -0.05) is 13.8 Å². The maximum atomic E-state index is 12.1. The van der Waals surface area contributed by atoms with E-state index in [2.05, 4.69) is 19.2 Å². The Hall–Kier alpha value is -1.39. The molecular formula is C13H16F3NO. The third-order valence-corrected chi connectivity index (χ3v) is 3.19. The lowest BCUT2D eigenvalue weighted by atomic mass is 9.78. The van der Waals surface area contributed by atoms with Crippen LogP contribution in [0.15, 0.2) is 18.2 Å². The van der Waals surface area contributed by atoms with Gasteiger partial charge in [0.25, 0.3) is 0 Å². The van der Waals surface area contributed by atoms with Crippen LogP contribution in [0.2, 0.25) is 0 Å². The van der Waals surface area contributed by atoms with Gasteiger partial charge in [0.15, 0.2) is 6.61 Å². The van der Waals surface area contributed by atoms with Crippen LogP contribution in [-0.4, -0.2) is 19.3 Å². The molecule has 1 aromatic rings. The van der Waals surface area contributed by atoms with Crippen molar-refractivity contribution >= 4 is 5.69 Å². The van der Waals surface area contributed by atoms with E-state index in [9.17, 15) is 13.2 Å². The van der Waals surface area contributed by atoms with Gasteiger partial charge < -0.3 is 10.1 Å². The van der Waals surface area contributed by atoms with Gasteiger partial charge in [0.05, 0.1) is 0 Å². The summed E-state index contributed by atoms with van der Waals surface area (Å²) in [6.07, 6.45) is -3.35. The fourth-order valence-corrected chi connectivity index (χ4v) is 2.14. The highest BCUT2D eigenvalue weighted by Crippen LogP contribution is 2.38. The lowest BCUT2D eigenvalue weighted by Gasteiger charge is -2.33. The van der Waals surface area contributed by atoms with E-state index in [1.54, 1.807) is 18.2 Å². The zero-order chi connectivity index (χ0) is 13.4. The monoisotopic (exact) mass is 259 g/mol.